The van der Waals surface area contributed by atoms with Gasteiger partial charge in [0.25, 0.3) is 0 Å². The quantitative estimate of drug-likeness (QED) is 0.589. The van der Waals surface area contributed by atoms with Gasteiger partial charge in [0, 0.05) is 25.6 Å². The second-order valence-corrected chi connectivity index (χ2v) is 8.87. The Balaban J connectivity index is 1.59. The summed E-state index contributed by atoms with van der Waals surface area (Å²) in [5.41, 5.74) is -0.610. The molecule has 0 unspecified atom stereocenters. The highest BCUT2D eigenvalue weighted by molar-refractivity contribution is 6.32. The summed E-state index contributed by atoms with van der Waals surface area (Å²) < 4.78 is 10.7. The summed E-state index contributed by atoms with van der Waals surface area (Å²) in [5, 5.41) is 5.89. The average molecular weight is 454 g/mol. The number of alkyl carbamates (subject to hydrolysis) is 1. The molecule has 0 aromatic heterocycles. The van der Waals surface area contributed by atoms with Crippen LogP contribution in [0.2, 0.25) is 5.02 Å². The number of likely N-dealkylation sites (tertiary alicyclic amines) is 1. The largest absolute Gasteiger partial charge is 0.492 e. The number of rotatable bonds is 8. The standard InChI is InChI=1S/C22H32ClN3O5/c1-22(2,3)31-21(29)24-15-19(27)25-16-10-12-26(13-11-16)20(28)9-6-14-30-18-8-5-4-7-17(18)23/h4-5,7-8,16H,6,9-15H2,1-3H3,(H,24,29)(H,25,27). The van der Waals surface area contributed by atoms with Crippen LogP contribution in [0.15, 0.2) is 24.3 Å². The van der Waals surface area contributed by atoms with Gasteiger partial charge in [-0.3, -0.25) is 9.59 Å². The Morgan fingerprint density at radius 2 is 1.84 bits per heavy atom. The minimum Gasteiger partial charge on any atom is -0.492 e. The van der Waals surface area contributed by atoms with Crippen molar-refractivity contribution >= 4 is 29.5 Å². The van der Waals surface area contributed by atoms with Crippen molar-refractivity contribution in [3.05, 3.63) is 29.3 Å². The predicted molar refractivity (Wildman–Crippen MR) is 118 cm³/mol. The number of nitrogens with zero attached hydrogens (tertiary/aromatic N) is 1. The fourth-order valence-corrected chi connectivity index (χ4v) is 3.33. The predicted octanol–water partition coefficient (Wildman–Crippen LogP) is 3.13. The van der Waals surface area contributed by atoms with E-state index in [4.69, 9.17) is 21.1 Å². The van der Waals surface area contributed by atoms with Crippen molar-refractivity contribution in [3.8, 4) is 5.75 Å². The monoisotopic (exact) mass is 453 g/mol. The van der Waals surface area contributed by atoms with Gasteiger partial charge in [0.1, 0.15) is 17.9 Å². The van der Waals surface area contributed by atoms with E-state index >= 15 is 0 Å². The molecule has 172 valence electrons. The first-order valence-corrected chi connectivity index (χ1v) is 10.9. The van der Waals surface area contributed by atoms with Crippen LogP contribution in [0.25, 0.3) is 0 Å². The van der Waals surface area contributed by atoms with Crippen LogP contribution in [0.3, 0.4) is 0 Å². The third-order valence-electron chi connectivity index (χ3n) is 4.63. The van der Waals surface area contributed by atoms with Gasteiger partial charge in [0.05, 0.1) is 11.6 Å². The van der Waals surface area contributed by atoms with Crippen LogP contribution in [0.1, 0.15) is 46.5 Å². The van der Waals surface area contributed by atoms with Crippen LogP contribution >= 0.6 is 11.6 Å². The second-order valence-electron chi connectivity index (χ2n) is 8.46. The van der Waals surface area contributed by atoms with E-state index in [9.17, 15) is 14.4 Å². The van der Waals surface area contributed by atoms with Gasteiger partial charge in [0.2, 0.25) is 11.8 Å². The van der Waals surface area contributed by atoms with Crippen LogP contribution in [0.5, 0.6) is 5.75 Å². The van der Waals surface area contributed by atoms with Gasteiger partial charge in [-0.05, 0) is 52.2 Å². The Kier molecular flexibility index (Phi) is 9.43. The number of ether oxygens (including phenoxy) is 2. The summed E-state index contributed by atoms with van der Waals surface area (Å²) in [6.07, 6.45) is 1.75. The minimum atomic E-state index is -0.624. The van der Waals surface area contributed by atoms with Gasteiger partial charge in [-0.25, -0.2) is 4.79 Å². The average Bonchev–Trinajstić information content (AvgIpc) is 2.70. The van der Waals surface area contributed by atoms with Gasteiger partial charge in [-0.1, -0.05) is 23.7 Å². The second kappa shape index (κ2) is 11.8. The number of para-hydroxylation sites is 1. The van der Waals surface area contributed by atoms with Crippen LogP contribution in [-0.4, -0.2) is 60.7 Å². The van der Waals surface area contributed by atoms with Crippen molar-refractivity contribution in [2.75, 3.05) is 26.2 Å². The summed E-state index contributed by atoms with van der Waals surface area (Å²) in [5.74, 6) is 0.431. The molecule has 0 saturated carbocycles. The van der Waals surface area contributed by atoms with Crippen LogP contribution in [0, 0.1) is 0 Å². The lowest BCUT2D eigenvalue weighted by atomic mass is 10.0. The van der Waals surface area contributed by atoms with E-state index in [1.807, 2.05) is 17.0 Å². The highest BCUT2D eigenvalue weighted by Crippen LogP contribution is 2.23. The number of nitrogens with one attached hydrogen (secondary N) is 2. The number of halogens is 1. The lowest BCUT2D eigenvalue weighted by Crippen LogP contribution is -2.49. The molecule has 9 heteroatoms. The third kappa shape index (κ3) is 9.46. The normalized spacial score (nSPS) is 14.6. The Morgan fingerprint density at radius 1 is 1.16 bits per heavy atom. The number of amides is 3. The molecule has 1 fully saturated rings. The molecule has 1 aromatic carbocycles. The molecule has 0 bridgehead atoms. The van der Waals surface area contributed by atoms with E-state index in [1.54, 1.807) is 32.9 Å². The van der Waals surface area contributed by atoms with E-state index in [0.717, 1.165) is 0 Å². The van der Waals surface area contributed by atoms with Crippen molar-refractivity contribution in [2.45, 2.75) is 58.1 Å². The van der Waals surface area contributed by atoms with E-state index in [1.165, 1.54) is 0 Å². The molecule has 2 rings (SSSR count). The van der Waals surface area contributed by atoms with Crippen molar-refractivity contribution in [1.29, 1.82) is 0 Å². The zero-order chi connectivity index (χ0) is 22.9. The Bertz CT molecular complexity index is 758. The molecular weight excluding hydrogens is 422 g/mol. The van der Waals surface area contributed by atoms with Crippen LogP contribution in [-0.2, 0) is 14.3 Å². The first-order valence-electron chi connectivity index (χ1n) is 10.6. The number of carbonyl (C=O) groups is 3. The molecule has 1 saturated heterocycles. The number of benzene rings is 1. The number of piperidine rings is 1. The smallest absolute Gasteiger partial charge is 0.408 e. The maximum Gasteiger partial charge on any atom is 0.408 e. The Morgan fingerprint density at radius 3 is 2.48 bits per heavy atom. The summed E-state index contributed by atoms with van der Waals surface area (Å²) >= 11 is 6.04. The van der Waals surface area contributed by atoms with Gasteiger partial charge in [0.15, 0.2) is 0 Å². The Hall–Kier alpha value is -2.48. The van der Waals surface area contributed by atoms with Crippen molar-refractivity contribution in [1.82, 2.24) is 15.5 Å². The Labute approximate surface area is 188 Å². The molecule has 1 aromatic rings. The molecule has 0 radical (unpaired) electrons. The van der Waals surface area contributed by atoms with E-state index in [-0.39, 0.29) is 24.4 Å². The first kappa shape index (κ1) is 24.8. The topological polar surface area (TPSA) is 97.0 Å². The highest BCUT2D eigenvalue weighted by atomic mass is 35.5. The zero-order valence-electron chi connectivity index (χ0n) is 18.4. The molecular formula is C22H32ClN3O5. The van der Waals surface area contributed by atoms with Gasteiger partial charge in [-0.2, -0.15) is 0 Å². The third-order valence-corrected chi connectivity index (χ3v) is 4.95. The zero-order valence-corrected chi connectivity index (χ0v) is 19.2. The summed E-state index contributed by atoms with van der Waals surface area (Å²) in [4.78, 5) is 37.8. The highest BCUT2D eigenvalue weighted by Gasteiger charge is 2.24. The lowest BCUT2D eigenvalue weighted by Gasteiger charge is -2.32. The first-order chi connectivity index (χ1) is 14.6. The molecule has 0 aliphatic carbocycles. The van der Waals surface area contributed by atoms with Crippen molar-refractivity contribution < 1.29 is 23.9 Å². The molecule has 1 aliphatic rings. The van der Waals surface area contributed by atoms with Crippen molar-refractivity contribution in [2.24, 2.45) is 0 Å². The number of hydrogen-bond donors (Lipinski definition) is 2. The maximum absolute atomic E-state index is 12.4. The van der Waals surface area contributed by atoms with E-state index < -0.39 is 11.7 Å². The maximum atomic E-state index is 12.4. The molecule has 3 amide bonds. The number of carbonyl (C=O) groups excluding carboxylic acids is 3. The summed E-state index contributed by atoms with van der Waals surface area (Å²) in [7, 11) is 0. The molecule has 8 nitrogen and oxygen atoms in total. The molecule has 1 aliphatic heterocycles. The fourth-order valence-electron chi connectivity index (χ4n) is 3.14. The van der Waals surface area contributed by atoms with E-state index in [0.29, 0.717) is 56.2 Å². The lowest BCUT2D eigenvalue weighted by molar-refractivity contribution is -0.132. The van der Waals surface area contributed by atoms with Crippen LogP contribution in [0.4, 0.5) is 4.79 Å². The van der Waals surface area contributed by atoms with Crippen LogP contribution < -0.4 is 15.4 Å². The fraction of sp³-hybridized carbons (Fsp3) is 0.591. The summed E-state index contributed by atoms with van der Waals surface area (Å²) in [6, 6.07) is 7.23. The van der Waals surface area contributed by atoms with Gasteiger partial charge in [-0.15, -0.1) is 0 Å². The van der Waals surface area contributed by atoms with Gasteiger partial charge >= 0.3 is 6.09 Å². The minimum absolute atomic E-state index is 0.0134. The molecule has 2 N–H and O–H groups in total. The summed E-state index contributed by atoms with van der Waals surface area (Å²) in [6.45, 7) is 6.74. The molecule has 31 heavy (non-hydrogen) atoms. The number of hydrogen-bond acceptors (Lipinski definition) is 5. The molecule has 0 atom stereocenters. The van der Waals surface area contributed by atoms with Crippen molar-refractivity contribution in [3.63, 3.8) is 0 Å². The SMILES string of the molecule is CC(C)(C)OC(=O)NCC(=O)NC1CCN(C(=O)CCCOc2ccccc2Cl)CC1. The molecule has 1 heterocycles. The molecule has 0 spiro atoms. The van der Waals surface area contributed by atoms with E-state index in [2.05, 4.69) is 10.6 Å². The van der Waals surface area contributed by atoms with Gasteiger partial charge < -0.3 is 25.0 Å².